The van der Waals surface area contributed by atoms with Crippen LogP contribution in [-0.2, 0) is 24.8 Å². The lowest BCUT2D eigenvalue weighted by atomic mass is 9.80. The van der Waals surface area contributed by atoms with E-state index < -0.39 is 45.5 Å². The Morgan fingerprint density at radius 3 is 1.77 bits per heavy atom. The molecule has 2 spiro atoms. The molecular formula is C15H11N3O4. The second-order valence-corrected chi connectivity index (χ2v) is 6.43. The summed E-state index contributed by atoms with van der Waals surface area (Å²) in [7, 11) is 0. The fraction of sp³-hybridized carbons (Fsp3) is 0.333. The predicted molar refractivity (Wildman–Crippen MR) is 70.5 cm³/mol. The summed E-state index contributed by atoms with van der Waals surface area (Å²) in [5.74, 6) is -2.49. The van der Waals surface area contributed by atoms with Gasteiger partial charge >= 0.3 is 0 Å². The average Bonchev–Trinajstić information content (AvgIpc) is 2.75. The van der Waals surface area contributed by atoms with Gasteiger partial charge in [-0.2, -0.15) is 0 Å². The number of carbonyl (C=O) groups is 4. The Labute approximate surface area is 124 Å². The summed E-state index contributed by atoms with van der Waals surface area (Å²) in [5.41, 5.74) is -4.97. The minimum atomic E-state index is -1.63. The van der Waals surface area contributed by atoms with Crippen molar-refractivity contribution in [3.8, 4) is 0 Å². The fourth-order valence-corrected chi connectivity index (χ4v) is 5.30. The van der Waals surface area contributed by atoms with Crippen LogP contribution in [0.25, 0.3) is 0 Å². The zero-order valence-corrected chi connectivity index (χ0v) is 11.5. The highest BCUT2D eigenvalue weighted by Gasteiger charge is 3.10. The highest BCUT2D eigenvalue weighted by molar-refractivity contribution is 6.38. The second kappa shape index (κ2) is 2.79. The summed E-state index contributed by atoms with van der Waals surface area (Å²) in [6.07, 6.45) is 0. The number of hydrogen-bond acceptors (Lipinski definition) is 4. The van der Waals surface area contributed by atoms with Crippen molar-refractivity contribution in [1.82, 2.24) is 16.0 Å². The summed E-state index contributed by atoms with van der Waals surface area (Å²) in [6, 6.07) is 8.90. The van der Waals surface area contributed by atoms with E-state index in [1.807, 2.05) is 6.07 Å². The van der Waals surface area contributed by atoms with E-state index in [1.54, 1.807) is 31.2 Å². The van der Waals surface area contributed by atoms with E-state index in [0.29, 0.717) is 5.56 Å². The maximum atomic E-state index is 12.6. The molecule has 3 saturated heterocycles. The summed E-state index contributed by atoms with van der Waals surface area (Å²) >= 11 is 0. The molecule has 1 aromatic rings. The standard InChI is InChI=1S/C15H11N3O4/c1-12-13-8(19)16-9(20)14(12,13)11(22)18-15(12,17-10(13)21)7-5-3-2-4-6-7/h2-6H,1H3,(H,17,21)(H,18,22)(H,16,19,20). The van der Waals surface area contributed by atoms with E-state index in [0.717, 1.165) is 0 Å². The number of amides is 4. The van der Waals surface area contributed by atoms with E-state index in [1.165, 1.54) is 0 Å². The van der Waals surface area contributed by atoms with E-state index in [-0.39, 0.29) is 0 Å². The van der Waals surface area contributed by atoms with Crippen LogP contribution in [0.15, 0.2) is 30.3 Å². The fourth-order valence-electron chi connectivity index (χ4n) is 5.30. The lowest BCUT2D eigenvalue weighted by Crippen LogP contribution is -2.54. The largest absolute Gasteiger partial charge is 0.328 e. The molecular weight excluding hydrogens is 286 g/mol. The summed E-state index contributed by atoms with van der Waals surface area (Å²) < 4.78 is 0. The van der Waals surface area contributed by atoms with Crippen LogP contribution in [0.4, 0.5) is 0 Å². The number of carbonyl (C=O) groups excluding carboxylic acids is 4. The van der Waals surface area contributed by atoms with E-state index in [2.05, 4.69) is 16.0 Å². The van der Waals surface area contributed by atoms with Gasteiger partial charge in [0, 0.05) is 0 Å². The molecule has 4 amide bonds. The molecule has 7 nitrogen and oxygen atoms in total. The molecule has 1 saturated carbocycles. The number of hydrogen-bond donors (Lipinski definition) is 3. The number of piperidine rings is 3. The maximum absolute atomic E-state index is 12.6. The van der Waals surface area contributed by atoms with Gasteiger partial charge in [-0.3, -0.25) is 24.5 Å². The van der Waals surface area contributed by atoms with E-state index >= 15 is 0 Å². The first-order chi connectivity index (χ1) is 10.4. The second-order valence-electron chi connectivity index (χ2n) is 6.43. The Morgan fingerprint density at radius 2 is 1.27 bits per heavy atom. The molecule has 0 radical (unpaired) electrons. The average molecular weight is 297 g/mol. The van der Waals surface area contributed by atoms with Gasteiger partial charge in [0.1, 0.15) is 5.66 Å². The SMILES string of the molecule is CC12C3(c4ccccc4)NC(=O)C14C(=O)NC(=O)C42C(=O)N3. The van der Waals surface area contributed by atoms with Crippen molar-refractivity contribution in [3.05, 3.63) is 35.9 Å². The third kappa shape index (κ3) is 0.662. The highest BCUT2D eigenvalue weighted by Crippen LogP contribution is 2.90. The van der Waals surface area contributed by atoms with Crippen molar-refractivity contribution in [2.24, 2.45) is 16.2 Å². The van der Waals surface area contributed by atoms with Crippen molar-refractivity contribution in [1.29, 1.82) is 0 Å². The molecule has 1 aliphatic carbocycles. The van der Waals surface area contributed by atoms with Crippen molar-refractivity contribution in [2.75, 3.05) is 0 Å². The van der Waals surface area contributed by atoms with Crippen LogP contribution in [0.1, 0.15) is 12.5 Å². The first-order valence-corrected chi connectivity index (χ1v) is 6.98. The van der Waals surface area contributed by atoms with Crippen LogP contribution < -0.4 is 16.0 Å². The van der Waals surface area contributed by atoms with Gasteiger partial charge in [-0.15, -0.1) is 0 Å². The van der Waals surface area contributed by atoms with Crippen LogP contribution >= 0.6 is 0 Å². The first kappa shape index (κ1) is 11.9. The van der Waals surface area contributed by atoms with E-state index in [4.69, 9.17) is 0 Å². The van der Waals surface area contributed by atoms with Gasteiger partial charge in [0.25, 0.3) is 0 Å². The normalized spacial score (nSPS) is 46.8. The molecule has 7 heteroatoms. The molecule has 4 fully saturated rings. The molecule has 110 valence electrons. The minimum Gasteiger partial charge on any atom is -0.328 e. The van der Waals surface area contributed by atoms with Crippen molar-refractivity contribution in [3.63, 3.8) is 0 Å². The molecule has 3 heterocycles. The summed E-state index contributed by atoms with van der Waals surface area (Å²) in [4.78, 5) is 50.0. The Morgan fingerprint density at radius 1 is 0.773 bits per heavy atom. The molecule has 3 N–H and O–H groups in total. The summed E-state index contributed by atoms with van der Waals surface area (Å²) in [5, 5.41) is 7.69. The monoisotopic (exact) mass is 297 g/mol. The lowest BCUT2D eigenvalue weighted by Gasteiger charge is -2.34. The number of nitrogens with one attached hydrogen (secondary N) is 3. The quantitative estimate of drug-likeness (QED) is 0.445. The molecule has 2 atom stereocenters. The van der Waals surface area contributed by atoms with Crippen LogP contribution in [0.2, 0.25) is 0 Å². The molecule has 0 bridgehead atoms. The number of imide groups is 1. The first-order valence-electron chi connectivity index (χ1n) is 6.98. The molecule has 22 heavy (non-hydrogen) atoms. The van der Waals surface area contributed by atoms with Gasteiger partial charge in [0.2, 0.25) is 23.6 Å². The molecule has 2 unspecified atom stereocenters. The van der Waals surface area contributed by atoms with Crippen molar-refractivity contribution >= 4 is 23.6 Å². The van der Waals surface area contributed by atoms with Gasteiger partial charge in [0.05, 0.1) is 5.41 Å². The van der Waals surface area contributed by atoms with Crippen LogP contribution in [-0.4, -0.2) is 23.6 Å². The highest BCUT2D eigenvalue weighted by atomic mass is 16.2. The van der Waals surface area contributed by atoms with Gasteiger partial charge in [-0.1, -0.05) is 37.3 Å². The molecule has 5 rings (SSSR count). The van der Waals surface area contributed by atoms with Crippen molar-refractivity contribution in [2.45, 2.75) is 12.6 Å². The topological polar surface area (TPSA) is 104 Å². The summed E-state index contributed by atoms with van der Waals surface area (Å²) in [6.45, 7) is 1.66. The van der Waals surface area contributed by atoms with Gasteiger partial charge in [-0.05, 0) is 5.56 Å². The molecule has 1 aromatic carbocycles. The van der Waals surface area contributed by atoms with Crippen LogP contribution in [0.5, 0.6) is 0 Å². The van der Waals surface area contributed by atoms with Gasteiger partial charge < -0.3 is 10.6 Å². The third-order valence-electron chi connectivity index (χ3n) is 6.15. The van der Waals surface area contributed by atoms with Crippen molar-refractivity contribution < 1.29 is 19.2 Å². The van der Waals surface area contributed by atoms with Crippen LogP contribution in [0, 0.1) is 16.2 Å². The third-order valence-corrected chi connectivity index (χ3v) is 6.15. The number of rotatable bonds is 1. The minimum absolute atomic E-state index is 0.569. The van der Waals surface area contributed by atoms with Crippen LogP contribution in [0.3, 0.4) is 0 Å². The molecule has 4 aliphatic rings. The maximum Gasteiger partial charge on any atom is 0.244 e. The Hall–Kier alpha value is -2.70. The van der Waals surface area contributed by atoms with Gasteiger partial charge in [-0.25, -0.2) is 0 Å². The number of benzene rings is 1. The Bertz CT molecular complexity index is 790. The zero-order valence-electron chi connectivity index (χ0n) is 11.5. The molecule has 0 aromatic heterocycles. The predicted octanol–water partition coefficient (Wildman–Crippen LogP) is -1.25. The molecule has 3 aliphatic heterocycles. The van der Waals surface area contributed by atoms with Gasteiger partial charge in [0.15, 0.2) is 10.8 Å². The Balaban J connectivity index is 1.88. The van der Waals surface area contributed by atoms with E-state index in [9.17, 15) is 19.2 Å². The lowest BCUT2D eigenvalue weighted by molar-refractivity contribution is -0.139. The Kier molecular flexibility index (Phi) is 1.51. The zero-order chi connectivity index (χ0) is 15.5. The smallest absolute Gasteiger partial charge is 0.244 e.